The minimum absolute atomic E-state index is 0.222. The Morgan fingerprint density at radius 3 is 2.48 bits per heavy atom. The second-order valence-electron chi connectivity index (χ2n) is 5.87. The number of benzene rings is 3. The van der Waals surface area contributed by atoms with Crippen molar-refractivity contribution in [2.45, 2.75) is 19.1 Å². The summed E-state index contributed by atoms with van der Waals surface area (Å²) in [4.78, 5) is 12.3. The number of hydrogen-bond acceptors (Lipinski definition) is 4. The van der Waals surface area contributed by atoms with E-state index in [1.165, 1.54) is 0 Å². The molecule has 4 heteroatoms. The lowest BCUT2D eigenvalue weighted by Crippen LogP contribution is -2.34. The quantitative estimate of drug-likeness (QED) is 0.701. The van der Waals surface area contributed by atoms with Crippen LogP contribution in [0.2, 0.25) is 0 Å². The van der Waals surface area contributed by atoms with Crippen LogP contribution in [-0.2, 0) is 22.6 Å². The van der Waals surface area contributed by atoms with Crippen LogP contribution in [0.15, 0.2) is 66.7 Å². The number of rotatable bonds is 6. The summed E-state index contributed by atoms with van der Waals surface area (Å²) in [5.74, 6) is 0.309. The zero-order chi connectivity index (χ0) is 17.6. The summed E-state index contributed by atoms with van der Waals surface area (Å²) in [5.41, 5.74) is 7.95. The maximum absolute atomic E-state index is 12.3. The molecule has 0 radical (unpaired) electrons. The van der Waals surface area contributed by atoms with E-state index < -0.39 is 12.0 Å². The Morgan fingerprint density at radius 1 is 1.00 bits per heavy atom. The highest BCUT2D eigenvalue weighted by Gasteiger charge is 2.19. The number of fused-ring (bicyclic) bond motifs is 1. The Hall–Kier alpha value is -2.85. The van der Waals surface area contributed by atoms with Crippen molar-refractivity contribution >= 4 is 16.7 Å². The van der Waals surface area contributed by atoms with Gasteiger partial charge in [-0.3, -0.25) is 4.79 Å². The summed E-state index contributed by atoms with van der Waals surface area (Å²) in [6, 6.07) is 20.7. The Labute approximate surface area is 147 Å². The fourth-order valence-corrected chi connectivity index (χ4v) is 2.86. The van der Waals surface area contributed by atoms with Crippen LogP contribution in [0.1, 0.15) is 11.1 Å². The second-order valence-corrected chi connectivity index (χ2v) is 5.87. The van der Waals surface area contributed by atoms with Gasteiger partial charge in [-0.25, -0.2) is 0 Å². The maximum Gasteiger partial charge on any atom is 0.323 e. The lowest BCUT2D eigenvalue weighted by atomic mass is 9.98. The molecule has 0 amide bonds. The van der Waals surface area contributed by atoms with Crippen LogP contribution in [-0.4, -0.2) is 19.1 Å². The molecule has 3 aromatic rings. The van der Waals surface area contributed by atoms with Crippen molar-refractivity contribution in [2.24, 2.45) is 5.73 Å². The lowest BCUT2D eigenvalue weighted by Gasteiger charge is -2.16. The smallest absolute Gasteiger partial charge is 0.323 e. The zero-order valence-corrected chi connectivity index (χ0v) is 14.1. The van der Waals surface area contributed by atoms with Gasteiger partial charge in [-0.05, 0) is 22.4 Å². The van der Waals surface area contributed by atoms with Gasteiger partial charge in [-0.2, -0.15) is 0 Å². The minimum Gasteiger partial charge on any atom is -0.496 e. The molecular weight excluding hydrogens is 314 g/mol. The second kappa shape index (κ2) is 7.81. The summed E-state index contributed by atoms with van der Waals surface area (Å²) in [6.45, 7) is 0.222. The number of methoxy groups -OCH3 is 1. The van der Waals surface area contributed by atoms with E-state index in [9.17, 15) is 4.79 Å². The molecule has 0 saturated carbocycles. The van der Waals surface area contributed by atoms with Crippen molar-refractivity contribution in [1.29, 1.82) is 0 Å². The van der Waals surface area contributed by atoms with Gasteiger partial charge in [-0.15, -0.1) is 0 Å². The Balaban J connectivity index is 1.75. The predicted molar refractivity (Wildman–Crippen MR) is 98.4 cm³/mol. The van der Waals surface area contributed by atoms with Crippen LogP contribution in [0.4, 0.5) is 0 Å². The third kappa shape index (κ3) is 3.98. The van der Waals surface area contributed by atoms with Crippen molar-refractivity contribution in [2.75, 3.05) is 7.11 Å². The first-order valence-electron chi connectivity index (χ1n) is 8.20. The summed E-state index contributed by atoms with van der Waals surface area (Å²) in [7, 11) is 1.62. The van der Waals surface area contributed by atoms with E-state index in [1.54, 1.807) is 7.11 Å². The summed E-state index contributed by atoms with van der Waals surface area (Å²) in [5, 5.41) is 2.12. The van der Waals surface area contributed by atoms with Crippen LogP contribution >= 0.6 is 0 Å². The molecule has 1 atom stereocenters. The van der Waals surface area contributed by atoms with Gasteiger partial charge in [0.1, 0.15) is 18.4 Å². The monoisotopic (exact) mass is 335 g/mol. The highest BCUT2D eigenvalue weighted by atomic mass is 16.5. The van der Waals surface area contributed by atoms with Crippen molar-refractivity contribution in [1.82, 2.24) is 0 Å². The van der Waals surface area contributed by atoms with Crippen LogP contribution in [0.3, 0.4) is 0 Å². The van der Waals surface area contributed by atoms with Gasteiger partial charge in [0.2, 0.25) is 0 Å². The molecule has 0 aliphatic carbocycles. The van der Waals surface area contributed by atoms with Crippen LogP contribution in [0.5, 0.6) is 5.75 Å². The van der Waals surface area contributed by atoms with Crippen molar-refractivity contribution < 1.29 is 14.3 Å². The summed E-state index contributed by atoms with van der Waals surface area (Å²) >= 11 is 0. The van der Waals surface area contributed by atoms with E-state index in [1.807, 2.05) is 66.7 Å². The third-order valence-corrected chi connectivity index (χ3v) is 4.17. The maximum atomic E-state index is 12.3. The zero-order valence-electron chi connectivity index (χ0n) is 14.1. The molecule has 25 heavy (non-hydrogen) atoms. The molecule has 0 bridgehead atoms. The minimum atomic E-state index is -0.747. The van der Waals surface area contributed by atoms with Crippen molar-refractivity contribution in [3.8, 4) is 5.75 Å². The topological polar surface area (TPSA) is 61.5 Å². The van der Waals surface area contributed by atoms with Crippen molar-refractivity contribution in [3.63, 3.8) is 0 Å². The molecule has 3 rings (SSSR count). The Kier molecular flexibility index (Phi) is 5.31. The number of carbonyl (C=O) groups is 1. The molecule has 4 nitrogen and oxygen atoms in total. The van der Waals surface area contributed by atoms with E-state index in [-0.39, 0.29) is 6.61 Å². The van der Waals surface area contributed by atoms with Crippen molar-refractivity contribution in [3.05, 3.63) is 77.9 Å². The number of esters is 1. The molecule has 0 saturated heterocycles. The van der Waals surface area contributed by atoms with Gasteiger partial charge in [0.15, 0.2) is 0 Å². The fourth-order valence-electron chi connectivity index (χ4n) is 2.86. The molecule has 3 aromatic carbocycles. The van der Waals surface area contributed by atoms with E-state index in [2.05, 4.69) is 0 Å². The largest absolute Gasteiger partial charge is 0.496 e. The van der Waals surface area contributed by atoms with E-state index >= 15 is 0 Å². The van der Waals surface area contributed by atoms with Gasteiger partial charge in [0, 0.05) is 12.0 Å². The first-order valence-corrected chi connectivity index (χ1v) is 8.20. The first kappa shape index (κ1) is 17.0. The molecule has 0 fully saturated rings. The van der Waals surface area contributed by atoms with Crippen LogP contribution < -0.4 is 10.5 Å². The molecule has 128 valence electrons. The molecule has 0 unspecified atom stereocenters. The number of carbonyl (C=O) groups excluding carboxylic acids is 1. The molecular formula is C21H21NO3. The molecule has 0 spiro atoms. The molecule has 0 aromatic heterocycles. The highest BCUT2D eigenvalue weighted by Crippen LogP contribution is 2.29. The fraction of sp³-hybridized carbons (Fsp3) is 0.190. The number of nitrogens with two attached hydrogens (primary N) is 1. The van der Waals surface area contributed by atoms with Gasteiger partial charge >= 0.3 is 5.97 Å². The highest BCUT2D eigenvalue weighted by molar-refractivity contribution is 5.88. The normalized spacial score (nSPS) is 11.9. The van der Waals surface area contributed by atoms with Gasteiger partial charge < -0.3 is 15.2 Å². The summed E-state index contributed by atoms with van der Waals surface area (Å²) in [6.07, 6.45) is 0.359. The van der Waals surface area contributed by atoms with Crippen LogP contribution in [0, 0.1) is 0 Å². The van der Waals surface area contributed by atoms with E-state index in [0.717, 1.165) is 27.6 Å². The average Bonchev–Trinajstić information content (AvgIpc) is 2.67. The summed E-state index contributed by atoms with van der Waals surface area (Å²) < 4.78 is 10.8. The average molecular weight is 335 g/mol. The van der Waals surface area contributed by atoms with E-state index in [0.29, 0.717) is 6.42 Å². The molecule has 0 aliphatic heterocycles. The van der Waals surface area contributed by atoms with Gasteiger partial charge in [0.05, 0.1) is 7.11 Å². The molecule has 2 N–H and O–H groups in total. The van der Waals surface area contributed by atoms with Gasteiger partial charge in [-0.1, -0.05) is 60.7 Å². The number of hydrogen-bond donors (Lipinski definition) is 1. The van der Waals surface area contributed by atoms with Crippen LogP contribution in [0.25, 0.3) is 10.8 Å². The molecule has 0 heterocycles. The predicted octanol–water partition coefficient (Wildman–Crippen LogP) is 3.46. The Bertz CT molecular complexity index is 861. The molecule has 0 aliphatic rings. The van der Waals surface area contributed by atoms with Gasteiger partial charge in [0.25, 0.3) is 0 Å². The van der Waals surface area contributed by atoms with E-state index in [4.69, 9.17) is 15.2 Å². The first-order chi connectivity index (χ1) is 12.2. The SMILES string of the molecule is COc1ccc2ccccc2c1C[C@H](N)C(=O)OCc1ccccc1. The Morgan fingerprint density at radius 2 is 1.72 bits per heavy atom. The standard InChI is InChI=1S/C21H21NO3/c1-24-20-12-11-16-9-5-6-10-17(16)18(20)13-19(22)21(23)25-14-15-7-3-2-4-8-15/h2-12,19H,13-14,22H2,1H3/t19-/m0/s1. The number of ether oxygens (including phenoxy) is 2. The lowest BCUT2D eigenvalue weighted by molar-refractivity contribution is -0.146. The third-order valence-electron chi connectivity index (χ3n) is 4.17.